The first-order valence-electron chi connectivity index (χ1n) is 4.67. The number of hydrogen-bond acceptors (Lipinski definition) is 3. The van der Waals surface area contributed by atoms with Gasteiger partial charge in [0.25, 0.3) is 0 Å². The van der Waals surface area contributed by atoms with Crippen LogP contribution in [0.4, 0.5) is 0 Å². The van der Waals surface area contributed by atoms with Gasteiger partial charge in [0, 0.05) is 6.54 Å². The van der Waals surface area contributed by atoms with Crippen molar-refractivity contribution in [2.75, 3.05) is 19.8 Å². The molecule has 1 aliphatic rings. The zero-order valence-corrected chi connectivity index (χ0v) is 8.31. The number of nitrogens with zero attached hydrogens (tertiary/aromatic N) is 1. The second-order valence-corrected chi connectivity index (χ2v) is 3.29. The van der Waals surface area contributed by atoms with Crippen LogP contribution in [0.1, 0.15) is 12.8 Å². The number of terminal acetylenes is 1. The van der Waals surface area contributed by atoms with Gasteiger partial charge in [-0.3, -0.25) is 9.59 Å². The number of rotatable bonds is 3. The van der Waals surface area contributed by atoms with Crippen LogP contribution in [0.25, 0.3) is 0 Å². The number of carboxylic acid groups (broad SMARTS) is 1. The highest BCUT2D eigenvalue weighted by atomic mass is 16.5. The fraction of sp³-hybridized carbons (Fsp3) is 0.600. The van der Waals surface area contributed by atoms with Crippen molar-refractivity contribution >= 4 is 11.9 Å². The molecule has 1 aliphatic heterocycles. The molecule has 0 bridgehead atoms. The molecule has 0 aromatic carbocycles. The Bertz CT molecular complexity index is 294. The molecule has 1 N–H and O–H groups in total. The third-order valence-corrected chi connectivity index (χ3v) is 2.21. The average molecular weight is 211 g/mol. The maximum absolute atomic E-state index is 11.5. The van der Waals surface area contributed by atoms with Crippen molar-refractivity contribution in [3.63, 3.8) is 0 Å². The molecular formula is C10H13NO4. The Hall–Kier alpha value is -1.54. The number of carboxylic acids is 1. The molecule has 0 aromatic rings. The summed E-state index contributed by atoms with van der Waals surface area (Å²) >= 11 is 0. The molecule has 0 spiro atoms. The standard InChI is InChI=1S/C10H13NO4/c1-2-3-9(12)11-4-5-15-7-8(11)6-10(13)14/h1,8H,3-7H2,(H,13,14). The van der Waals surface area contributed by atoms with Gasteiger partial charge in [0.2, 0.25) is 5.91 Å². The monoisotopic (exact) mass is 211 g/mol. The Morgan fingerprint density at radius 3 is 2.93 bits per heavy atom. The molecule has 1 amide bonds. The van der Waals surface area contributed by atoms with Crippen LogP contribution in [-0.4, -0.2) is 47.7 Å². The molecule has 0 radical (unpaired) electrons. The summed E-state index contributed by atoms with van der Waals surface area (Å²) in [5.74, 6) is 1.12. The summed E-state index contributed by atoms with van der Waals surface area (Å²) in [6.07, 6.45) is 4.95. The van der Waals surface area contributed by atoms with Crippen LogP contribution in [0.5, 0.6) is 0 Å². The fourth-order valence-electron chi connectivity index (χ4n) is 1.54. The van der Waals surface area contributed by atoms with Crippen molar-refractivity contribution in [2.45, 2.75) is 18.9 Å². The third-order valence-electron chi connectivity index (χ3n) is 2.21. The van der Waals surface area contributed by atoms with Gasteiger partial charge in [-0.15, -0.1) is 6.42 Å². The maximum Gasteiger partial charge on any atom is 0.305 e. The maximum atomic E-state index is 11.5. The highest BCUT2D eigenvalue weighted by Gasteiger charge is 2.28. The van der Waals surface area contributed by atoms with E-state index in [0.29, 0.717) is 13.2 Å². The SMILES string of the molecule is C#CCC(=O)N1CCOCC1CC(=O)O. The molecule has 0 aromatic heterocycles. The average Bonchev–Trinajstić information content (AvgIpc) is 2.18. The minimum atomic E-state index is -0.941. The predicted molar refractivity (Wildman–Crippen MR) is 52.0 cm³/mol. The van der Waals surface area contributed by atoms with Crippen LogP contribution in [0.2, 0.25) is 0 Å². The summed E-state index contributed by atoms with van der Waals surface area (Å²) < 4.78 is 5.13. The van der Waals surface area contributed by atoms with E-state index in [4.69, 9.17) is 16.3 Å². The summed E-state index contributed by atoms with van der Waals surface area (Å²) in [6, 6.07) is -0.392. The number of aliphatic carboxylic acids is 1. The normalized spacial score (nSPS) is 20.7. The summed E-state index contributed by atoms with van der Waals surface area (Å²) in [5, 5.41) is 8.66. The first-order chi connectivity index (χ1) is 7.15. The van der Waals surface area contributed by atoms with Gasteiger partial charge in [-0.1, -0.05) is 5.92 Å². The summed E-state index contributed by atoms with van der Waals surface area (Å²) in [4.78, 5) is 23.6. The van der Waals surface area contributed by atoms with Crippen molar-refractivity contribution in [3.8, 4) is 12.3 Å². The first-order valence-corrected chi connectivity index (χ1v) is 4.67. The lowest BCUT2D eigenvalue weighted by Gasteiger charge is -2.34. The highest BCUT2D eigenvalue weighted by Crippen LogP contribution is 2.11. The van der Waals surface area contributed by atoms with E-state index in [1.165, 1.54) is 4.90 Å². The van der Waals surface area contributed by atoms with E-state index in [1.54, 1.807) is 0 Å². The van der Waals surface area contributed by atoms with Gasteiger partial charge in [0.1, 0.15) is 0 Å². The molecule has 1 atom stereocenters. The minimum Gasteiger partial charge on any atom is -0.481 e. The largest absolute Gasteiger partial charge is 0.481 e. The molecule has 1 heterocycles. The highest BCUT2D eigenvalue weighted by molar-refractivity contribution is 5.79. The van der Waals surface area contributed by atoms with E-state index in [-0.39, 0.29) is 25.4 Å². The lowest BCUT2D eigenvalue weighted by atomic mass is 10.1. The Balaban J connectivity index is 2.61. The van der Waals surface area contributed by atoms with Crippen LogP contribution in [0.15, 0.2) is 0 Å². The Morgan fingerprint density at radius 1 is 1.60 bits per heavy atom. The van der Waals surface area contributed by atoms with Crippen LogP contribution >= 0.6 is 0 Å². The van der Waals surface area contributed by atoms with Crippen LogP contribution in [0, 0.1) is 12.3 Å². The zero-order valence-electron chi connectivity index (χ0n) is 8.31. The number of carbonyl (C=O) groups excluding carboxylic acids is 1. The van der Waals surface area contributed by atoms with E-state index < -0.39 is 12.0 Å². The van der Waals surface area contributed by atoms with E-state index in [9.17, 15) is 9.59 Å². The van der Waals surface area contributed by atoms with Crippen molar-refractivity contribution in [2.24, 2.45) is 0 Å². The van der Waals surface area contributed by atoms with Gasteiger partial charge >= 0.3 is 5.97 Å². The number of carbonyl (C=O) groups is 2. The smallest absolute Gasteiger partial charge is 0.305 e. The molecule has 5 heteroatoms. The van der Waals surface area contributed by atoms with Crippen molar-refractivity contribution < 1.29 is 19.4 Å². The number of hydrogen-bond donors (Lipinski definition) is 1. The summed E-state index contributed by atoms with van der Waals surface area (Å²) in [5.41, 5.74) is 0. The van der Waals surface area contributed by atoms with Crippen molar-refractivity contribution in [1.82, 2.24) is 4.90 Å². The summed E-state index contributed by atoms with van der Waals surface area (Å²) in [6.45, 7) is 1.12. The van der Waals surface area contributed by atoms with Crippen molar-refractivity contribution in [3.05, 3.63) is 0 Å². The summed E-state index contributed by atoms with van der Waals surface area (Å²) in [7, 11) is 0. The predicted octanol–water partition coefficient (Wildman–Crippen LogP) is -0.288. The van der Waals surface area contributed by atoms with Gasteiger partial charge in [0.15, 0.2) is 0 Å². The van der Waals surface area contributed by atoms with Crippen molar-refractivity contribution in [1.29, 1.82) is 0 Å². The Kier molecular flexibility index (Phi) is 4.13. The molecule has 1 rings (SSSR count). The van der Waals surface area contributed by atoms with E-state index in [2.05, 4.69) is 5.92 Å². The van der Waals surface area contributed by atoms with E-state index in [0.717, 1.165) is 0 Å². The number of amides is 1. The molecule has 0 saturated carbocycles. The van der Waals surface area contributed by atoms with Crippen LogP contribution in [0.3, 0.4) is 0 Å². The Morgan fingerprint density at radius 2 is 2.33 bits per heavy atom. The van der Waals surface area contributed by atoms with Gasteiger partial charge < -0.3 is 14.7 Å². The molecule has 0 aliphatic carbocycles. The lowest BCUT2D eigenvalue weighted by molar-refractivity contribution is -0.145. The number of morpholine rings is 1. The molecule has 82 valence electrons. The molecule has 5 nitrogen and oxygen atoms in total. The molecule has 1 unspecified atom stereocenters. The number of ether oxygens (including phenoxy) is 1. The second-order valence-electron chi connectivity index (χ2n) is 3.29. The van der Waals surface area contributed by atoms with Gasteiger partial charge in [-0.25, -0.2) is 0 Å². The molecular weight excluding hydrogens is 198 g/mol. The van der Waals surface area contributed by atoms with E-state index in [1.807, 2.05) is 0 Å². The van der Waals surface area contributed by atoms with Gasteiger partial charge in [-0.2, -0.15) is 0 Å². The van der Waals surface area contributed by atoms with Crippen LogP contribution < -0.4 is 0 Å². The molecule has 15 heavy (non-hydrogen) atoms. The second kappa shape index (κ2) is 5.37. The van der Waals surface area contributed by atoms with E-state index >= 15 is 0 Å². The zero-order chi connectivity index (χ0) is 11.3. The lowest BCUT2D eigenvalue weighted by Crippen LogP contribution is -2.49. The van der Waals surface area contributed by atoms with Gasteiger partial charge in [0.05, 0.1) is 32.1 Å². The fourth-order valence-corrected chi connectivity index (χ4v) is 1.54. The Labute approximate surface area is 88.0 Å². The van der Waals surface area contributed by atoms with Gasteiger partial charge in [-0.05, 0) is 0 Å². The molecule has 1 saturated heterocycles. The first kappa shape index (κ1) is 11.5. The minimum absolute atomic E-state index is 0.0100. The van der Waals surface area contributed by atoms with Crippen LogP contribution in [-0.2, 0) is 14.3 Å². The third kappa shape index (κ3) is 3.26. The molecule has 1 fully saturated rings. The topological polar surface area (TPSA) is 66.8 Å². The quantitative estimate of drug-likeness (QED) is 0.651.